The van der Waals surface area contributed by atoms with Gasteiger partial charge in [0.25, 0.3) is 0 Å². The molecular formula is C15H19NO2. The van der Waals surface area contributed by atoms with E-state index < -0.39 is 6.10 Å². The average molecular weight is 245 g/mol. The summed E-state index contributed by atoms with van der Waals surface area (Å²) in [4.78, 5) is 4.52. The van der Waals surface area contributed by atoms with E-state index in [4.69, 9.17) is 4.74 Å². The Labute approximate surface area is 107 Å². The van der Waals surface area contributed by atoms with Crippen LogP contribution in [0.5, 0.6) is 0 Å². The van der Waals surface area contributed by atoms with E-state index in [2.05, 4.69) is 18.0 Å². The minimum absolute atomic E-state index is 0.511. The topological polar surface area (TPSA) is 42.4 Å². The van der Waals surface area contributed by atoms with Gasteiger partial charge in [-0.3, -0.25) is 4.98 Å². The van der Waals surface area contributed by atoms with Crippen LogP contribution >= 0.6 is 0 Å². The van der Waals surface area contributed by atoms with Gasteiger partial charge in [0.2, 0.25) is 0 Å². The number of hydrogen-bond donors (Lipinski definition) is 1. The van der Waals surface area contributed by atoms with Crippen LogP contribution in [0.3, 0.4) is 0 Å². The number of fused-ring (bicyclic) bond motifs is 1. The van der Waals surface area contributed by atoms with Crippen LogP contribution in [0, 0.1) is 6.92 Å². The zero-order valence-corrected chi connectivity index (χ0v) is 10.9. The molecule has 18 heavy (non-hydrogen) atoms. The van der Waals surface area contributed by atoms with Gasteiger partial charge in [-0.2, -0.15) is 0 Å². The third-order valence-corrected chi connectivity index (χ3v) is 3.11. The van der Waals surface area contributed by atoms with Gasteiger partial charge < -0.3 is 9.84 Å². The zero-order chi connectivity index (χ0) is 13.0. The predicted octanol–water partition coefficient (Wildman–Crippen LogP) is 3.00. The molecule has 0 radical (unpaired) electrons. The van der Waals surface area contributed by atoms with Gasteiger partial charge in [-0.25, -0.2) is 0 Å². The molecule has 0 aliphatic rings. The highest BCUT2D eigenvalue weighted by atomic mass is 16.5. The molecule has 0 amide bonds. The van der Waals surface area contributed by atoms with Crippen molar-refractivity contribution in [2.45, 2.75) is 25.9 Å². The Hall–Kier alpha value is -1.45. The van der Waals surface area contributed by atoms with Crippen LogP contribution in [0.25, 0.3) is 10.9 Å². The van der Waals surface area contributed by atoms with Crippen molar-refractivity contribution in [3.8, 4) is 0 Å². The molecule has 2 rings (SSSR count). The fourth-order valence-corrected chi connectivity index (χ4v) is 2.12. The first-order valence-electron chi connectivity index (χ1n) is 6.25. The van der Waals surface area contributed by atoms with Crippen molar-refractivity contribution in [3.05, 3.63) is 41.6 Å². The number of rotatable bonds is 5. The van der Waals surface area contributed by atoms with E-state index in [1.807, 2.05) is 24.3 Å². The highest BCUT2D eigenvalue weighted by Crippen LogP contribution is 2.23. The van der Waals surface area contributed by atoms with E-state index in [-0.39, 0.29) is 0 Å². The van der Waals surface area contributed by atoms with E-state index in [9.17, 15) is 5.11 Å². The second kappa shape index (κ2) is 5.94. The molecule has 96 valence electrons. The van der Waals surface area contributed by atoms with Gasteiger partial charge in [-0.1, -0.05) is 18.2 Å². The van der Waals surface area contributed by atoms with Crippen LogP contribution in [-0.2, 0) is 4.74 Å². The van der Waals surface area contributed by atoms with Crippen LogP contribution in [0.1, 0.15) is 30.2 Å². The number of aromatic nitrogens is 1. The molecular weight excluding hydrogens is 226 g/mol. The van der Waals surface area contributed by atoms with Crippen molar-refractivity contribution < 1.29 is 9.84 Å². The van der Waals surface area contributed by atoms with Crippen molar-refractivity contribution in [2.24, 2.45) is 0 Å². The van der Waals surface area contributed by atoms with Gasteiger partial charge in [0.05, 0.1) is 17.3 Å². The fourth-order valence-electron chi connectivity index (χ4n) is 2.12. The van der Waals surface area contributed by atoms with E-state index >= 15 is 0 Å². The number of benzene rings is 1. The average Bonchev–Trinajstić information content (AvgIpc) is 2.39. The van der Waals surface area contributed by atoms with Crippen molar-refractivity contribution in [1.82, 2.24) is 4.98 Å². The second-order valence-corrected chi connectivity index (χ2v) is 4.53. The molecule has 0 fully saturated rings. The number of nitrogens with zero attached hydrogens (tertiary/aromatic N) is 1. The molecule has 0 aliphatic carbocycles. The second-order valence-electron chi connectivity index (χ2n) is 4.53. The Kier molecular flexibility index (Phi) is 4.28. The summed E-state index contributed by atoms with van der Waals surface area (Å²) in [6, 6.07) is 9.98. The number of methoxy groups -OCH3 is 1. The maximum atomic E-state index is 10.1. The first-order chi connectivity index (χ1) is 8.72. The van der Waals surface area contributed by atoms with Gasteiger partial charge in [0, 0.05) is 19.1 Å². The molecule has 0 bridgehead atoms. The summed E-state index contributed by atoms with van der Waals surface area (Å²) in [5.41, 5.74) is 2.85. The SMILES string of the molecule is COCCCC(O)c1cc(C)c2ccccc2n1. The minimum atomic E-state index is -0.511. The lowest BCUT2D eigenvalue weighted by atomic mass is 10.0. The third-order valence-electron chi connectivity index (χ3n) is 3.11. The largest absolute Gasteiger partial charge is 0.387 e. The fraction of sp³-hybridized carbons (Fsp3) is 0.400. The molecule has 3 nitrogen and oxygen atoms in total. The van der Waals surface area contributed by atoms with Crippen LogP contribution in [0.15, 0.2) is 30.3 Å². The van der Waals surface area contributed by atoms with Gasteiger partial charge in [-0.15, -0.1) is 0 Å². The Balaban J connectivity index is 2.23. The van der Waals surface area contributed by atoms with Crippen LogP contribution < -0.4 is 0 Å². The molecule has 1 aromatic heterocycles. The highest BCUT2D eigenvalue weighted by molar-refractivity contribution is 5.82. The van der Waals surface area contributed by atoms with Gasteiger partial charge in [0.15, 0.2) is 0 Å². The first-order valence-corrected chi connectivity index (χ1v) is 6.25. The number of para-hydroxylation sites is 1. The Bertz CT molecular complexity index is 525. The summed E-state index contributed by atoms with van der Waals surface area (Å²) < 4.78 is 4.99. The molecule has 0 aliphatic heterocycles. The number of aliphatic hydroxyl groups is 1. The normalized spacial score (nSPS) is 12.8. The zero-order valence-electron chi connectivity index (χ0n) is 10.9. The first kappa shape index (κ1) is 13.0. The summed E-state index contributed by atoms with van der Waals surface area (Å²) in [7, 11) is 1.67. The quantitative estimate of drug-likeness (QED) is 0.823. The van der Waals surface area contributed by atoms with Gasteiger partial charge in [0.1, 0.15) is 0 Å². The van der Waals surface area contributed by atoms with Crippen LogP contribution in [0.4, 0.5) is 0 Å². The lowest BCUT2D eigenvalue weighted by Crippen LogP contribution is -2.03. The monoisotopic (exact) mass is 245 g/mol. The predicted molar refractivity (Wildman–Crippen MR) is 72.5 cm³/mol. The van der Waals surface area contributed by atoms with Crippen molar-refractivity contribution in [2.75, 3.05) is 13.7 Å². The number of aryl methyl sites for hydroxylation is 1. The Morgan fingerprint density at radius 2 is 2.11 bits per heavy atom. The minimum Gasteiger partial charge on any atom is -0.387 e. The third kappa shape index (κ3) is 2.86. The summed E-state index contributed by atoms with van der Waals surface area (Å²) in [5, 5.41) is 11.3. The van der Waals surface area contributed by atoms with E-state index in [0.29, 0.717) is 13.0 Å². The molecule has 1 heterocycles. The van der Waals surface area contributed by atoms with E-state index in [0.717, 1.165) is 28.6 Å². The molecule has 1 N–H and O–H groups in total. The lowest BCUT2D eigenvalue weighted by molar-refractivity contribution is 0.133. The summed E-state index contributed by atoms with van der Waals surface area (Å²) >= 11 is 0. The summed E-state index contributed by atoms with van der Waals surface area (Å²) in [6.45, 7) is 2.72. The number of aliphatic hydroxyl groups excluding tert-OH is 1. The van der Waals surface area contributed by atoms with Crippen molar-refractivity contribution in [3.63, 3.8) is 0 Å². The van der Waals surface area contributed by atoms with Crippen LogP contribution in [0.2, 0.25) is 0 Å². The van der Waals surface area contributed by atoms with Gasteiger partial charge >= 0.3 is 0 Å². The molecule has 0 spiro atoms. The molecule has 1 atom stereocenters. The van der Waals surface area contributed by atoms with Gasteiger partial charge in [-0.05, 0) is 37.5 Å². The Morgan fingerprint density at radius 1 is 1.33 bits per heavy atom. The number of pyridine rings is 1. The van der Waals surface area contributed by atoms with Crippen LogP contribution in [-0.4, -0.2) is 23.8 Å². The van der Waals surface area contributed by atoms with Crippen molar-refractivity contribution in [1.29, 1.82) is 0 Å². The molecule has 2 aromatic rings. The maximum absolute atomic E-state index is 10.1. The van der Waals surface area contributed by atoms with E-state index in [1.165, 1.54) is 0 Å². The molecule has 1 unspecified atom stereocenters. The standard InChI is InChI=1S/C15H19NO2/c1-11-10-14(15(17)8-5-9-18-2)16-13-7-4-3-6-12(11)13/h3-4,6-7,10,15,17H,5,8-9H2,1-2H3. The molecule has 0 saturated heterocycles. The maximum Gasteiger partial charge on any atom is 0.0961 e. The highest BCUT2D eigenvalue weighted by Gasteiger charge is 2.11. The summed E-state index contributed by atoms with van der Waals surface area (Å²) in [5.74, 6) is 0. The van der Waals surface area contributed by atoms with Crippen molar-refractivity contribution >= 4 is 10.9 Å². The Morgan fingerprint density at radius 3 is 2.89 bits per heavy atom. The molecule has 3 heteroatoms. The van der Waals surface area contributed by atoms with E-state index in [1.54, 1.807) is 7.11 Å². The molecule has 1 aromatic carbocycles. The number of ether oxygens (including phenoxy) is 1. The summed E-state index contributed by atoms with van der Waals surface area (Å²) in [6.07, 6.45) is 1.01. The smallest absolute Gasteiger partial charge is 0.0961 e. The lowest BCUT2D eigenvalue weighted by Gasteiger charge is -2.12. The molecule has 0 saturated carbocycles. The number of hydrogen-bond acceptors (Lipinski definition) is 3.